The Morgan fingerprint density at radius 2 is 1.50 bits per heavy atom. The molecule has 2 aromatic carbocycles. The number of hydrogen-bond donors (Lipinski definition) is 1. The Balaban J connectivity index is 2.25. The molecule has 0 saturated heterocycles. The van der Waals surface area contributed by atoms with E-state index >= 15 is 0 Å². The maximum absolute atomic E-state index is 12.5. The highest BCUT2D eigenvalue weighted by Crippen LogP contribution is 2.32. The zero-order valence-corrected chi connectivity index (χ0v) is 13.8. The van der Waals surface area contributed by atoms with E-state index in [1.807, 2.05) is 12.1 Å². The van der Waals surface area contributed by atoms with Crippen molar-refractivity contribution < 1.29 is 9.50 Å². The molecule has 0 bridgehead atoms. The van der Waals surface area contributed by atoms with E-state index in [0.717, 1.165) is 12.0 Å². The number of rotatable bonds is 6. The molecule has 22 heavy (non-hydrogen) atoms. The fourth-order valence-electron chi connectivity index (χ4n) is 2.57. The number of aliphatic hydroxyl groups excluding tert-OH is 1. The predicted octanol–water partition coefficient (Wildman–Crippen LogP) is 4.80. The average molecular weight is 321 g/mol. The minimum atomic E-state index is -1.04. The maximum atomic E-state index is 12.5. The minimum Gasteiger partial charge on any atom is -0.386 e. The van der Waals surface area contributed by atoms with Crippen molar-refractivity contribution in [3.63, 3.8) is 0 Å². The third kappa shape index (κ3) is 3.68. The first kappa shape index (κ1) is 17.0. The van der Waals surface area contributed by atoms with Crippen molar-refractivity contribution in [2.45, 2.75) is 31.8 Å². The molecule has 0 aliphatic rings. The summed E-state index contributed by atoms with van der Waals surface area (Å²) in [6, 6.07) is 16.0. The maximum Gasteiger partial charge on any atom is 0.119 e. The zero-order chi connectivity index (χ0) is 16.2. The average Bonchev–Trinajstić information content (AvgIpc) is 2.55. The molecule has 2 rings (SSSR count). The highest BCUT2D eigenvalue weighted by Gasteiger charge is 2.23. The van der Waals surface area contributed by atoms with Gasteiger partial charge in [-0.15, -0.1) is 11.6 Å². The molecule has 0 amide bonds. The molecular formula is C19H22ClFO. The second kappa shape index (κ2) is 7.26. The number of hydrogen-bond acceptors (Lipinski definition) is 1. The molecule has 1 nitrogen and oxygen atoms in total. The molecule has 0 aliphatic carbocycles. The Morgan fingerprint density at radius 1 is 1.00 bits per heavy atom. The summed E-state index contributed by atoms with van der Waals surface area (Å²) in [7, 11) is 0. The summed E-state index contributed by atoms with van der Waals surface area (Å²) in [5.41, 5.74) is 4.03. The highest BCUT2D eigenvalue weighted by molar-refractivity contribution is 6.17. The summed E-state index contributed by atoms with van der Waals surface area (Å²) in [5.74, 6) is 0.626. The van der Waals surface area contributed by atoms with Crippen LogP contribution < -0.4 is 0 Å². The van der Waals surface area contributed by atoms with E-state index in [1.165, 1.54) is 11.1 Å². The van der Waals surface area contributed by atoms with E-state index in [2.05, 4.69) is 38.1 Å². The molecule has 0 fully saturated rings. The van der Waals surface area contributed by atoms with Gasteiger partial charge in [0.25, 0.3) is 0 Å². The van der Waals surface area contributed by atoms with Crippen molar-refractivity contribution in [1.82, 2.24) is 0 Å². The van der Waals surface area contributed by atoms with Crippen molar-refractivity contribution in [1.29, 1.82) is 0 Å². The summed E-state index contributed by atoms with van der Waals surface area (Å²) in [6.07, 6.45) is -0.162. The lowest BCUT2D eigenvalue weighted by atomic mass is 9.77. The lowest BCUT2D eigenvalue weighted by Gasteiger charge is -2.27. The number of benzene rings is 2. The van der Waals surface area contributed by atoms with Gasteiger partial charge in [-0.2, -0.15) is 0 Å². The van der Waals surface area contributed by atoms with Gasteiger partial charge in [0.1, 0.15) is 12.8 Å². The third-order valence-corrected chi connectivity index (χ3v) is 4.41. The minimum absolute atomic E-state index is 0.154. The monoisotopic (exact) mass is 320 g/mol. The SMILES string of the molecule is CC(C)(c1ccc(CCCl)cc1)c1ccc(C(O)CF)cc1. The number of halogens is 2. The van der Waals surface area contributed by atoms with E-state index in [9.17, 15) is 9.50 Å². The van der Waals surface area contributed by atoms with Crippen molar-refractivity contribution in [2.75, 3.05) is 12.6 Å². The van der Waals surface area contributed by atoms with Crippen LogP contribution in [0.3, 0.4) is 0 Å². The van der Waals surface area contributed by atoms with Gasteiger partial charge in [0.2, 0.25) is 0 Å². The van der Waals surface area contributed by atoms with Gasteiger partial charge in [0.15, 0.2) is 0 Å². The molecule has 0 heterocycles. The first-order chi connectivity index (χ1) is 10.5. The van der Waals surface area contributed by atoms with Crippen LogP contribution in [-0.2, 0) is 11.8 Å². The molecule has 0 aliphatic heterocycles. The van der Waals surface area contributed by atoms with Crippen LogP contribution in [0.4, 0.5) is 4.39 Å². The molecule has 0 spiro atoms. The molecule has 0 saturated carbocycles. The van der Waals surface area contributed by atoms with Gasteiger partial charge >= 0.3 is 0 Å². The molecule has 0 aromatic heterocycles. The van der Waals surface area contributed by atoms with Gasteiger partial charge in [-0.25, -0.2) is 4.39 Å². The van der Waals surface area contributed by atoms with Gasteiger partial charge in [0, 0.05) is 11.3 Å². The van der Waals surface area contributed by atoms with E-state index in [4.69, 9.17) is 11.6 Å². The highest BCUT2D eigenvalue weighted by atomic mass is 35.5. The van der Waals surface area contributed by atoms with Crippen molar-refractivity contribution in [3.8, 4) is 0 Å². The fourth-order valence-corrected chi connectivity index (χ4v) is 2.79. The van der Waals surface area contributed by atoms with Gasteiger partial charge in [-0.1, -0.05) is 62.4 Å². The van der Waals surface area contributed by atoms with Crippen LogP contribution in [-0.4, -0.2) is 17.7 Å². The Hall–Kier alpha value is -1.38. The summed E-state index contributed by atoms with van der Waals surface area (Å²) < 4.78 is 12.5. The van der Waals surface area contributed by atoms with Gasteiger partial charge in [0.05, 0.1) is 0 Å². The molecule has 1 atom stereocenters. The lowest BCUT2D eigenvalue weighted by molar-refractivity contribution is 0.142. The Morgan fingerprint density at radius 3 is 1.95 bits per heavy atom. The molecule has 3 heteroatoms. The molecule has 1 unspecified atom stereocenters. The smallest absolute Gasteiger partial charge is 0.119 e. The lowest BCUT2D eigenvalue weighted by Crippen LogP contribution is -2.19. The standard InChI is InChI=1S/C19H22ClFO/c1-19(2,16-7-3-14(4-8-16)11-12-20)17-9-5-15(6-10-17)18(22)13-21/h3-10,18,22H,11-13H2,1-2H3. The summed E-state index contributed by atoms with van der Waals surface area (Å²) in [4.78, 5) is 0. The second-order valence-corrected chi connectivity index (χ2v) is 6.43. The summed E-state index contributed by atoms with van der Waals surface area (Å²) >= 11 is 5.77. The zero-order valence-electron chi connectivity index (χ0n) is 13.0. The Labute approximate surface area is 136 Å². The normalized spacial score (nSPS) is 13.1. The van der Waals surface area contributed by atoms with E-state index in [-0.39, 0.29) is 5.41 Å². The summed E-state index contributed by atoms with van der Waals surface area (Å²) in [6.45, 7) is 3.55. The quantitative estimate of drug-likeness (QED) is 0.758. The molecular weight excluding hydrogens is 299 g/mol. The Bertz CT molecular complexity index is 590. The van der Waals surface area contributed by atoms with Crippen LogP contribution in [0.1, 0.15) is 42.2 Å². The summed E-state index contributed by atoms with van der Waals surface area (Å²) in [5, 5.41) is 9.54. The third-order valence-electron chi connectivity index (χ3n) is 4.22. The second-order valence-electron chi connectivity index (χ2n) is 6.05. The molecule has 2 aromatic rings. The number of aliphatic hydroxyl groups is 1. The van der Waals surface area contributed by atoms with E-state index < -0.39 is 12.8 Å². The molecule has 118 valence electrons. The first-order valence-corrected chi connectivity index (χ1v) is 8.02. The topological polar surface area (TPSA) is 20.2 Å². The molecule has 1 N–H and O–H groups in total. The fraction of sp³-hybridized carbons (Fsp3) is 0.368. The van der Waals surface area contributed by atoms with Crippen LogP contribution in [0.5, 0.6) is 0 Å². The van der Waals surface area contributed by atoms with E-state index in [1.54, 1.807) is 12.1 Å². The van der Waals surface area contributed by atoms with Crippen molar-refractivity contribution in [2.24, 2.45) is 0 Å². The van der Waals surface area contributed by atoms with Crippen LogP contribution in [0.2, 0.25) is 0 Å². The molecule has 0 radical (unpaired) electrons. The van der Waals surface area contributed by atoms with Crippen molar-refractivity contribution in [3.05, 3.63) is 70.8 Å². The van der Waals surface area contributed by atoms with Crippen LogP contribution in [0, 0.1) is 0 Å². The largest absolute Gasteiger partial charge is 0.386 e. The Kier molecular flexibility index (Phi) is 5.60. The van der Waals surface area contributed by atoms with Crippen LogP contribution in [0.15, 0.2) is 48.5 Å². The van der Waals surface area contributed by atoms with Gasteiger partial charge in [-0.3, -0.25) is 0 Å². The van der Waals surface area contributed by atoms with E-state index in [0.29, 0.717) is 11.4 Å². The first-order valence-electron chi connectivity index (χ1n) is 7.49. The van der Waals surface area contributed by atoms with Gasteiger partial charge < -0.3 is 5.11 Å². The van der Waals surface area contributed by atoms with Crippen LogP contribution in [0.25, 0.3) is 0 Å². The number of aryl methyl sites for hydroxylation is 1. The number of alkyl halides is 2. The van der Waals surface area contributed by atoms with Crippen molar-refractivity contribution >= 4 is 11.6 Å². The van der Waals surface area contributed by atoms with Gasteiger partial charge in [-0.05, 0) is 28.7 Å². The van der Waals surface area contributed by atoms with Crippen LogP contribution >= 0.6 is 11.6 Å². The predicted molar refractivity (Wildman–Crippen MR) is 90.4 cm³/mol.